The number of aromatic amines is 1. The van der Waals surface area contributed by atoms with Crippen molar-refractivity contribution in [2.24, 2.45) is 5.10 Å². The molecule has 1 atom stereocenters. The van der Waals surface area contributed by atoms with Crippen molar-refractivity contribution in [1.29, 1.82) is 0 Å². The number of hydrogen-bond donors (Lipinski definition) is 3. The van der Waals surface area contributed by atoms with Crippen LogP contribution >= 0.6 is 0 Å². The van der Waals surface area contributed by atoms with E-state index in [1.807, 2.05) is 51.1 Å². The highest BCUT2D eigenvalue weighted by atomic mass is 16.5. The lowest BCUT2D eigenvalue weighted by Crippen LogP contribution is -2.33. The molecular weight excluding hydrogens is 396 g/mol. The van der Waals surface area contributed by atoms with Crippen LogP contribution in [0.25, 0.3) is 5.69 Å². The van der Waals surface area contributed by atoms with Gasteiger partial charge in [-0.2, -0.15) is 5.10 Å². The summed E-state index contributed by atoms with van der Waals surface area (Å²) in [6, 6.07) is 12.9. The van der Waals surface area contributed by atoms with Gasteiger partial charge in [-0.05, 0) is 50.1 Å². The lowest BCUT2D eigenvalue weighted by atomic mass is 9.99. The number of ether oxygens (including phenoxy) is 1. The molecule has 1 aromatic heterocycles. The van der Waals surface area contributed by atoms with Crippen LogP contribution in [0.4, 0.5) is 0 Å². The van der Waals surface area contributed by atoms with Gasteiger partial charge < -0.3 is 15.3 Å². The number of benzene rings is 2. The topological polar surface area (TPSA) is 109 Å². The minimum absolute atomic E-state index is 0.0253. The summed E-state index contributed by atoms with van der Waals surface area (Å²) in [6.07, 6.45) is 0.353. The molecule has 3 aromatic rings. The number of aryl methyl sites for hydroxylation is 2. The normalized spacial score (nSPS) is 15.5. The molecule has 0 radical (unpaired) electrons. The molecular formula is C23H24N4O4. The van der Waals surface area contributed by atoms with Crippen LogP contribution in [0.15, 0.2) is 57.2 Å². The molecule has 8 nitrogen and oxygen atoms in total. The van der Waals surface area contributed by atoms with Crippen molar-refractivity contribution in [1.82, 2.24) is 15.0 Å². The Morgan fingerprint density at radius 2 is 1.87 bits per heavy atom. The fraction of sp³-hybridized carbons (Fsp3) is 0.261. The molecule has 1 aliphatic rings. The van der Waals surface area contributed by atoms with Crippen molar-refractivity contribution >= 4 is 5.71 Å². The number of aromatic nitrogens is 2. The lowest BCUT2D eigenvalue weighted by Gasteiger charge is -2.15. The largest absolute Gasteiger partial charge is 0.494 e. The Morgan fingerprint density at radius 1 is 1.16 bits per heavy atom. The van der Waals surface area contributed by atoms with Gasteiger partial charge in [-0.15, -0.1) is 0 Å². The second kappa shape index (κ2) is 8.14. The minimum atomic E-state index is -0.707. The molecule has 3 N–H and O–H groups in total. The zero-order chi connectivity index (χ0) is 22.1. The highest BCUT2D eigenvalue weighted by Gasteiger charge is 2.29. The van der Waals surface area contributed by atoms with E-state index in [1.165, 1.54) is 0 Å². The van der Waals surface area contributed by atoms with Gasteiger partial charge in [0.1, 0.15) is 11.3 Å². The Bertz CT molecular complexity index is 1270. The summed E-state index contributed by atoms with van der Waals surface area (Å²) < 4.78 is 6.80. The van der Waals surface area contributed by atoms with Crippen LogP contribution in [0.5, 0.6) is 11.6 Å². The van der Waals surface area contributed by atoms with E-state index < -0.39 is 17.1 Å². The van der Waals surface area contributed by atoms with Crippen molar-refractivity contribution < 1.29 is 9.84 Å². The van der Waals surface area contributed by atoms with Crippen LogP contribution in [-0.4, -0.2) is 27.0 Å². The molecule has 1 unspecified atom stereocenters. The second-order valence-corrected chi connectivity index (χ2v) is 7.55. The number of nitrogens with zero attached hydrogens (tertiary/aromatic N) is 2. The molecule has 2 heterocycles. The van der Waals surface area contributed by atoms with E-state index in [1.54, 1.807) is 12.1 Å². The standard InChI is InChI=1S/C23H24N4O4/c1-4-31-19-8-6-5-7-16(19)17-12-18(26-25-17)20-21(28)24-23(30)27(22(20)29)15-10-13(2)9-14(3)11-15/h5-11,17,25,29H,4,12H2,1-3H3,(H,24,28,30). The summed E-state index contributed by atoms with van der Waals surface area (Å²) >= 11 is 0. The third kappa shape index (κ3) is 3.84. The lowest BCUT2D eigenvalue weighted by molar-refractivity contribution is 0.332. The van der Waals surface area contributed by atoms with Gasteiger partial charge in [0, 0.05) is 12.0 Å². The van der Waals surface area contributed by atoms with Crippen LogP contribution in [-0.2, 0) is 0 Å². The van der Waals surface area contributed by atoms with Crippen molar-refractivity contribution in [2.75, 3.05) is 6.61 Å². The molecule has 8 heteroatoms. The predicted molar refractivity (Wildman–Crippen MR) is 118 cm³/mol. The average molecular weight is 420 g/mol. The molecule has 31 heavy (non-hydrogen) atoms. The van der Waals surface area contributed by atoms with E-state index in [0.29, 0.717) is 24.4 Å². The molecule has 2 aromatic carbocycles. The SMILES string of the molecule is CCOc1ccccc1C1CC(c2c(O)n(-c3cc(C)cc(C)c3)c(=O)[nH]c2=O)=NN1. The number of nitrogens with one attached hydrogen (secondary N) is 2. The maximum Gasteiger partial charge on any atom is 0.335 e. The number of hydrogen-bond acceptors (Lipinski definition) is 6. The first-order valence-corrected chi connectivity index (χ1v) is 10.1. The van der Waals surface area contributed by atoms with E-state index in [-0.39, 0.29) is 11.6 Å². The van der Waals surface area contributed by atoms with E-state index >= 15 is 0 Å². The van der Waals surface area contributed by atoms with Crippen LogP contribution in [0, 0.1) is 13.8 Å². The first-order valence-electron chi connectivity index (χ1n) is 10.1. The van der Waals surface area contributed by atoms with Crippen LogP contribution < -0.4 is 21.4 Å². The van der Waals surface area contributed by atoms with Gasteiger partial charge in [0.2, 0.25) is 5.88 Å². The molecule has 160 valence electrons. The fourth-order valence-corrected chi connectivity index (χ4v) is 3.94. The summed E-state index contributed by atoms with van der Waals surface area (Å²) in [5, 5.41) is 15.3. The number of H-pyrrole nitrogens is 1. The summed E-state index contributed by atoms with van der Waals surface area (Å²) in [5.41, 5.74) is 5.22. The third-order valence-corrected chi connectivity index (χ3v) is 5.19. The Labute approximate surface area is 178 Å². The average Bonchev–Trinajstić information content (AvgIpc) is 3.17. The zero-order valence-electron chi connectivity index (χ0n) is 17.6. The molecule has 0 spiro atoms. The number of rotatable bonds is 5. The summed E-state index contributed by atoms with van der Waals surface area (Å²) in [7, 11) is 0. The van der Waals surface area contributed by atoms with Crippen molar-refractivity contribution in [3.05, 3.63) is 85.6 Å². The third-order valence-electron chi connectivity index (χ3n) is 5.19. The Kier molecular flexibility index (Phi) is 5.37. The van der Waals surface area contributed by atoms with Crippen LogP contribution in [0.2, 0.25) is 0 Å². The minimum Gasteiger partial charge on any atom is -0.494 e. The van der Waals surface area contributed by atoms with E-state index in [9.17, 15) is 14.7 Å². The Morgan fingerprint density at radius 3 is 2.58 bits per heavy atom. The van der Waals surface area contributed by atoms with Gasteiger partial charge in [-0.3, -0.25) is 9.78 Å². The van der Waals surface area contributed by atoms with Gasteiger partial charge >= 0.3 is 5.69 Å². The molecule has 0 aliphatic carbocycles. The fourth-order valence-electron chi connectivity index (χ4n) is 3.94. The highest BCUT2D eigenvalue weighted by Crippen LogP contribution is 2.32. The summed E-state index contributed by atoms with van der Waals surface area (Å²) in [5.74, 6) is 0.301. The van der Waals surface area contributed by atoms with Crippen molar-refractivity contribution in [3.8, 4) is 17.3 Å². The second-order valence-electron chi connectivity index (χ2n) is 7.55. The summed E-state index contributed by atoms with van der Waals surface area (Å²) in [6.45, 7) is 6.24. The van der Waals surface area contributed by atoms with Gasteiger partial charge in [0.15, 0.2) is 0 Å². The number of para-hydroxylation sites is 1. The van der Waals surface area contributed by atoms with E-state index in [4.69, 9.17) is 4.74 Å². The molecule has 0 saturated heterocycles. The first kappa shape index (κ1) is 20.5. The van der Waals surface area contributed by atoms with E-state index in [2.05, 4.69) is 15.5 Å². The smallest absolute Gasteiger partial charge is 0.335 e. The number of aromatic hydroxyl groups is 1. The zero-order valence-corrected chi connectivity index (χ0v) is 17.6. The van der Waals surface area contributed by atoms with Crippen LogP contribution in [0.3, 0.4) is 0 Å². The number of hydrazone groups is 1. The molecule has 1 aliphatic heterocycles. The van der Waals surface area contributed by atoms with Crippen molar-refractivity contribution in [3.63, 3.8) is 0 Å². The highest BCUT2D eigenvalue weighted by molar-refractivity contribution is 6.03. The van der Waals surface area contributed by atoms with E-state index in [0.717, 1.165) is 27.0 Å². The Balaban J connectivity index is 1.75. The molecule has 4 rings (SSSR count). The summed E-state index contributed by atoms with van der Waals surface area (Å²) in [4.78, 5) is 27.5. The van der Waals surface area contributed by atoms with Gasteiger partial charge in [0.05, 0.1) is 24.0 Å². The van der Waals surface area contributed by atoms with Crippen molar-refractivity contribution in [2.45, 2.75) is 33.2 Å². The quantitative estimate of drug-likeness (QED) is 0.588. The predicted octanol–water partition coefficient (Wildman–Crippen LogP) is 2.69. The maximum atomic E-state index is 12.6. The molecule has 0 fully saturated rings. The molecule has 0 bridgehead atoms. The molecule has 0 saturated carbocycles. The monoisotopic (exact) mass is 420 g/mol. The van der Waals surface area contributed by atoms with Gasteiger partial charge in [0.25, 0.3) is 5.56 Å². The maximum absolute atomic E-state index is 12.6. The molecule has 0 amide bonds. The van der Waals surface area contributed by atoms with Gasteiger partial charge in [-0.1, -0.05) is 24.3 Å². The van der Waals surface area contributed by atoms with Crippen LogP contribution in [0.1, 0.15) is 41.6 Å². The van der Waals surface area contributed by atoms with Gasteiger partial charge in [-0.25, -0.2) is 9.36 Å². The Hall–Kier alpha value is -3.81. The first-order chi connectivity index (χ1) is 14.9.